The molecule has 0 aliphatic carbocycles. The predicted octanol–water partition coefficient (Wildman–Crippen LogP) is 1.83. The van der Waals surface area contributed by atoms with Crippen LogP contribution in [0.4, 0.5) is 8.78 Å². The molecular weight excluding hydrogens is 288 g/mol. The summed E-state index contributed by atoms with van der Waals surface area (Å²) in [5.41, 5.74) is -1.30. The summed E-state index contributed by atoms with van der Waals surface area (Å²) in [5, 5.41) is 8.47. The third-order valence-corrected chi connectivity index (χ3v) is 2.55. The first-order chi connectivity index (χ1) is 7.47. The molecule has 88 valence electrons. The summed E-state index contributed by atoms with van der Waals surface area (Å²) in [4.78, 5) is 24.3. The molecule has 0 amide bonds. The molecule has 0 spiro atoms. The van der Waals surface area contributed by atoms with Crippen LogP contribution in [0.5, 0.6) is 0 Å². The molecule has 0 aliphatic rings. The number of aromatic amines is 1. The van der Waals surface area contributed by atoms with Gasteiger partial charge in [0.15, 0.2) is 5.43 Å². The number of pyridine rings is 1. The van der Waals surface area contributed by atoms with E-state index in [1.54, 1.807) is 0 Å². The molecule has 0 atom stereocenters. The molecule has 2 N–H and O–H groups in total. The Bertz CT molecular complexity index is 459. The van der Waals surface area contributed by atoms with Crippen molar-refractivity contribution in [3.8, 4) is 0 Å². The van der Waals surface area contributed by atoms with Crippen molar-refractivity contribution in [1.29, 1.82) is 0 Å². The Morgan fingerprint density at radius 2 is 2.19 bits per heavy atom. The van der Waals surface area contributed by atoms with Crippen LogP contribution in [-0.2, 0) is 16.5 Å². The standard InChI is InChI=1S/C9H8BrF2NO3/c10-2-5-7(9(11)12)13-3-4(8(5)16)1-6(14)15/h3,9H,1-2H2,(H,13,16)(H,14,15). The normalized spacial score (nSPS) is 10.8. The maximum atomic E-state index is 12.5. The zero-order chi connectivity index (χ0) is 12.3. The van der Waals surface area contributed by atoms with E-state index in [4.69, 9.17) is 5.11 Å². The van der Waals surface area contributed by atoms with Crippen molar-refractivity contribution >= 4 is 21.9 Å². The molecule has 1 aromatic heterocycles. The van der Waals surface area contributed by atoms with Crippen LogP contribution in [0.3, 0.4) is 0 Å². The lowest BCUT2D eigenvalue weighted by atomic mass is 10.1. The molecule has 4 nitrogen and oxygen atoms in total. The number of H-pyrrole nitrogens is 1. The Morgan fingerprint density at radius 1 is 1.56 bits per heavy atom. The zero-order valence-electron chi connectivity index (χ0n) is 7.97. The summed E-state index contributed by atoms with van der Waals surface area (Å²) in [5.74, 6) is -1.18. The van der Waals surface area contributed by atoms with Crippen LogP contribution < -0.4 is 5.43 Å². The molecule has 0 aliphatic heterocycles. The molecule has 0 fully saturated rings. The van der Waals surface area contributed by atoms with Crippen molar-refractivity contribution in [2.75, 3.05) is 0 Å². The van der Waals surface area contributed by atoms with Gasteiger partial charge >= 0.3 is 5.97 Å². The first-order valence-corrected chi connectivity index (χ1v) is 5.38. The molecule has 0 radical (unpaired) electrons. The van der Waals surface area contributed by atoms with Gasteiger partial charge in [-0.1, -0.05) is 15.9 Å². The molecule has 1 rings (SSSR count). The highest BCUT2D eigenvalue weighted by Crippen LogP contribution is 2.20. The Hall–Kier alpha value is -1.24. The van der Waals surface area contributed by atoms with Gasteiger partial charge in [0.2, 0.25) is 0 Å². The molecule has 0 unspecified atom stereocenters. The van der Waals surface area contributed by atoms with E-state index < -0.39 is 29.9 Å². The van der Waals surface area contributed by atoms with Gasteiger partial charge in [-0.05, 0) is 0 Å². The van der Waals surface area contributed by atoms with Crippen LogP contribution in [0, 0.1) is 0 Å². The molecule has 7 heteroatoms. The van der Waals surface area contributed by atoms with E-state index in [1.165, 1.54) is 0 Å². The van der Waals surface area contributed by atoms with E-state index in [0.717, 1.165) is 6.20 Å². The summed E-state index contributed by atoms with van der Waals surface area (Å²) in [6.45, 7) is 0. The van der Waals surface area contributed by atoms with Crippen LogP contribution in [0.15, 0.2) is 11.0 Å². The summed E-state index contributed by atoms with van der Waals surface area (Å²) < 4.78 is 25.0. The van der Waals surface area contributed by atoms with E-state index >= 15 is 0 Å². The minimum atomic E-state index is -2.79. The maximum Gasteiger partial charge on any atom is 0.308 e. The number of rotatable bonds is 4. The maximum absolute atomic E-state index is 12.5. The van der Waals surface area contributed by atoms with E-state index in [9.17, 15) is 18.4 Å². The Labute approximate surface area is 97.4 Å². The van der Waals surface area contributed by atoms with Gasteiger partial charge in [-0.15, -0.1) is 0 Å². The quantitative estimate of drug-likeness (QED) is 0.833. The summed E-state index contributed by atoms with van der Waals surface area (Å²) in [6, 6.07) is 0. The fraction of sp³-hybridized carbons (Fsp3) is 0.333. The average Bonchev–Trinajstić information content (AvgIpc) is 2.19. The van der Waals surface area contributed by atoms with Gasteiger partial charge in [0, 0.05) is 22.7 Å². The van der Waals surface area contributed by atoms with Gasteiger partial charge < -0.3 is 10.1 Å². The predicted molar refractivity (Wildman–Crippen MR) is 56.0 cm³/mol. The summed E-state index contributed by atoms with van der Waals surface area (Å²) in [7, 11) is 0. The van der Waals surface area contributed by atoms with E-state index in [2.05, 4.69) is 20.9 Å². The number of halogens is 3. The highest BCUT2D eigenvalue weighted by atomic mass is 79.9. The van der Waals surface area contributed by atoms with Crippen LogP contribution >= 0.6 is 15.9 Å². The minimum absolute atomic E-state index is 0.0358. The van der Waals surface area contributed by atoms with Crippen LogP contribution in [0.1, 0.15) is 23.2 Å². The van der Waals surface area contributed by atoms with Crippen molar-refractivity contribution in [2.24, 2.45) is 0 Å². The van der Waals surface area contributed by atoms with Crippen molar-refractivity contribution in [3.63, 3.8) is 0 Å². The van der Waals surface area contributed by atoms with Gasteiger partial charge in [0.1, 0.15) is 0 Å². The Balaban J connectivity index is 3.29. The third-order valence-electron chi connectivity index (χ3n) is 1.99. The lowest BCUT2D eigenvalue weighted by Crippen LogP contribution is -2.20. The first kappa shape index (κ1) is 12.8. The largest absolute Gasteiger partial charge is 0.481 e. The zero-order valence-corrected chi connectivity index (χ0v) is 9.55. The molecule has 0 saturated heterocycles. The first-order valence-electron chi connectivity index (χ1n) is 4.26. The van der Waals surface area contributed by atoms with E-state index in [-0.39, 0.29) is 16.5 Å². The molecule has 0 aromatic carbocycles. The molecule has 0 bridgehead atoms. The van der Waals surface area contributed by atoms with Crippen LogP contribution in [0.2, 0.25) is 0 Å². The lowest BCUT2D eigenvalue weighted by molar-refractivity contribution is -0.136. The number of aromatic nitrogens is 1. The highest BCUT2D eigenvalue weighted by molar-refractivity contribution is 9.08. The number of hydrogen-bond donors (Lipinski definition) is 2. The topological polar surface area (TPSA) is 70.2 Å². The number of hydrogen-bond acceptors (Lipinski definition) is 2. The molecule has 16 heavy (non-hydrogen) atoms. The number of carbonyl (C=O) groups is 1. The summed E-state index contributed by atoms with van der Waals surface area (Å²) >= 11 is 2.93. The van der Waals surface area contributed by atoms with Gasteiger partial charge in [-0.3, -0.25) is 9.59 Å². The Morgan fingerprint density at radius 3 is 2.62 bits per heavy atom. The van der Waals surface area contributed by atoms with Crippen LogP contribution in [0.25, 0.3) is 0 Å². The lowest BCUT2D eigenvalue weighted by Gasteiger charge is -2.07. The van der Waals surface area contributed by atoms with E-state index in [1.807, 2.05) is 0 Å². The van der Waals surface area contributed by atoms with Crippen molar-refractivity contribution in [2.45, 2.75) is 18.2 Å². The SMILES string of the molecule is O=C(O)Cc1c[nH]c(C(F)F)c(CBr)c1=O. The number of nitrogens with one attached hydrogen (secondary N) is 1. The van der Waals surface area contributed by atoms with Crippen molar-refractivity contribution in [1.82, 2.24) is 4.98 Å². The van der Waals surface area contributed by atoms with Crippen LogP contribution in [-0.4, -0.2) is 16.1 Å². The second-order valence-electron chi connectivity index (χ2n) is 3.04. The monoisotopic (exact) mass is 295 g/mol. The Kier molecular flexibility index (Phi) is 4.17. The number of carboxylic acids is 1. The fourth-order valence-corrected chi connectivity index (χ4v) is 1.81. The summed E-state index contributed by atoms with van der Waals surface area (Å²) in [6.07, 6.45) is -2.26. The average molecular weight is 296 g/mol. The number of aliphatic carboxylic acids is 1. The van der Waals surface area contributed by atoms with Crippen molar-refractivity contribution < 1.29 is 18.7 Å². The second-order valence-corrected chi connectivity index (χ2v) is 3.60. The van der Waals surface area contributed by atoms with Gasteiger partial charge in [-0.25, -0.2) is 8.78 Å². The molecule has 1 heterocycles. The van der Waals surface area contributed by atoms with Gasteiger partial charge in [0.05, 0.1) is 12.1 Å². The fourth-order valence-electron chi connectivity index (χ4n) is 1.26. The van der Waals surface area contributed by atoms with Gasteiger partial charge in [-0.2, -0.15) is 0 Å². The third kappa shape index (κ3) is 2.66. The molecular formula is C9H8BrF2NO3. The number of carboxylic acid groups (broad SMARTS) is 1. The van der Waals surface area contributed by atoms with E-state index in [0.29, 0.717) is 0 Å². The number of alkyl halides is 3. The highest BCUT2D eigenvalue weighted by Gasteiger charge is 2.18. The minimum Gasteiger partial charge on any atom is -0.481 e. The van der Waals surface area contributed by atoms with Crippen molar-refractivity contribution in [3.05, 3.63) is 33.2 Å². The molecule has 0 saturated carbocycles. The van der Waals surface area contributed by atoms with Gasteiger partial charge in [0.25, 0.3) is 6.43 Å². The second kappa shape index (κ2) is 5.20. The smallest absolute Gasteiger partial charge is 0.308 e. The molecule has 1 aromatic rings.